The normalized spacial score (nSPS) is 18.3. The highest BCUT2D eigenvalue weighted by molar-refractivity contribution is 5.91. The summed E-state index contributed by atoms with van der Waals surface area (Å²) in [6.07, 6.45) is 7.23. The molecule has 0 aliphatic heterocycles. The summed E-state index contributed by atoms with van der Waals surface area (Å²) in [5.74, 6) is 0.721. The van der Waals surface area contributed by atoms with Crippen LogP contribution < -0.4 is 0 Å². The number of carbonyl (C=O) groups excluding carboxylic acids is 1. The quantitative estimate of drug-likeness (QED) is 0.715. The monoisotopic (exact) mass is 244 g/mol. The van der Waals surface area contributed by atoms with Gasteiger partial charge < -0.3 is 0 Å². The van der Waals surface area contributed by atoms with Gasteiger partial charge in [-0.05, 0) is 32.3 Å². The third-order valence-electron chi connectivity index (χ3n) is 4.34. The summed E-state index contributed by atoms with van der Waals surface area (Å²) in [7, 11) is 0. The Morgan fingerprint density at radius 1 is 1.00 bits per heavy atom. The maximum atomic E-state index is 12.8. The van der Waals surface area contributed by atoms with Crippen LogP contribution in [-0.4, -0.2) is 5.78 Å². The molecule has 0 amide bonds. The number of ketones is 1. The molecule has 2 rings (SSSR count). The van der Waals surface area contributed by atoms with Crippen molar-refractivity contribution >= 4 is 5.78 Å². The Balaban J connectivity index is 2.16. The van der Waals surface area contributed by atoms with Crippen molar-refractivity contribution in [3.63, 3.8) is 0 Å². The summed E-state index contributed by atoms with van der Waals surface area (Å²) < 4.78 is 0. The van der Waals surface area contributed by atoms with Gasteiger partial charge in [-0.25, -0.2) is 0 Å². The largest absolute Gasteiger partial charge is 0.298 e. The fourth-order valence-corrected chi connectivity index (χ4v) is 3.05. The number of benzene rings is 1. The molecule has 0 saturated heterocycles. The summed E-state index contributed by atoms with van der Waals surface area (Å²) in [6.45, 7) is 4.16. The van der Waals surface area contributed by atoms with Gasteiger partial charge in [0.25, 0.3) is 0 Å². The zero-order chi connectivity index (χ0) is 13.0. The third-order valence-corrected chi connectivity index (χ3v) is 4.34. The molecule has 0 atom stereocenters. The molecule has 0 radical (unpaired) electrons. The van der Waals surface area contributed by atoms with E-state index in [1.54, 1.807) is 0 Å². The Hall–Kier alpha value is -1.11. The number of carbonyl (C=O) groups is 1. The van der Waals surface area contributed by atoms with Gasteiger partial charge >= 0.3 is 0 Å². The highest BCUT2D eigenvalue weighted by Crippen LogP contribution is 2.33. The topological polar surface area (TPSA) is 17.1 Å². The molecular weight excluding hydrogens is 220 g/mol. The molecule has 1 nitrogen and oxygen atoms in total. The molecule has 0 aromatic heterocycles. The predicted octanol–water partition coefficient (Wildman–Crippen LogP) is 4.50. The van der Waals surface area contributed by atoms with Crippen molar-refractivity contribution in [1.82, 2.24) is 0 Å². The first-order valence-corrected chi connectivity index (χ1v) is 7.22. The lowest BCUT2D eigenvalue weighted by Gasteiger charge is -2.28. The van der Waals surface area contributed by atoms with Crippen molar-refractivity contribution < 1.29 is 4.79 Å². The summed E-state index contributed by atoms with van der Waals surface area (Å²) >= 11 is 0. The second-order valence-corrected chi connectivity index (χ2v) is 6.04. The molecule has 18 heavy (non-hydrogen) atoms. The molecule has 1 aromatic rings. The summed E-state index contributed by atoms with van der Waals surface area (Å²) in [5, 5.41) is 0. The summed E-state index contributed by atoms with van der Waals surface area (Å²) in [4.78, 5) is 12.8. The SMILES string of the molecule is CC(C)(C(=O)C1CCCCCC1)c1ccccc1. The van der Waals surface area contributed by atoms with Crippen molar-refractivity contribution in [1.29, 1.82) is 0 Å². The average molecular weight is 244 g/mol. The van der Waals surface area contributed by atoms with Crippen molar-refractivity contribution in [2.75, 3.05) is 0 Å². The molecule has 1 saturated carbocycles. The first-order chi connectivity index (χ1) is 8.62. The molecule has 0 N–H and O–H groups in total. The Morgan fingerprint density at radius 2 is 1.56 bits per heavy atom. The first kappa shape index (κ1) is 13.3. The van der Waals surface area contributed by atoms with Gasteiger partial charge in [0.2, 0.25) is 0 Å². The highest BCUT2D eigenvalue weighted by atomic mass is 16.1. The molecule has 1 aliphatic rings. The predicted molar refractivity (Wildman–Crippen MR) is 75.7 cm³/mol. The van der Waals surface area contributed by atoms with E-state index >= 15 is 0 Å². The number of hydrogen-bond acceptors (Lipinski definition) is 1. The van der Waals surface area contributed by atoms with Gasteiger partial charge in [-0.1, -0.05) is 56.0 Å². The fraction of sp³-hybridized carbons (Fsp3) is 0.588. The lowest BCUT2D eigenvalue weighted by atomic mass is 9.74. The number of hydrogen-bond donors (Lipinski definition) is 0. The van der Waals surface area contributed by atoms with Crippen LogP contribution in [0.3, 0.4) is 0 Å². The van der Waals surface area contributed by atoms with Gasteiger partial charge in [-0.3, -0.25) is 4.79 Å². The molecule has 0 bridgehead atoms. The van der Waals surface area contributed by atoms with Crippen LogP contribution in [0.2, 0.25) is 0 Å². The lowest BCUT2D eigenvalue weighted by molar-refractivity contribution is -0.127. The fourth-order valence-electron chi connectivity index (χ4n) is 3.05. The minimum Gasteiger partial charge on any atom is -0.298 e. The molecule has 98 valence electrons. The van der Waals surface area contributed by atoms with Crippen LogP contribution in [0.15, 0.2) is 30.3 Å². The molecule has 1 aromatic carbocycles. The molecule has 1 heteroatoms. The zero-order valence-electron chi connectivity index (χ0n) is 11.6. The number of Topliss-reactive ketones (excluding diaryl/α,β-unsaturated/α-hetero) is 1. The standard InChI is InChI=1S/C17H24O/c1-17(2,15-12-8-5-9-13-15)16(18)14-10-6-3-4-7-11-14/h5,8-9,12-14H,3-4,6-7,10-11H2,1-2H3. The average Bonchev–Trinajstić information content (AvgIpc) is 2.67. The second kappa shape index (κ2) is 5.69. The first-order valence-electron chi connectivity index (χ1n) is 7.22. The molecule has 1 aliphatic carbocycles. The van der Waals surface area contributed by atoms with E-state index in [4.69, 9.17) is 0 Å². The van der Waals surface area contributed by atoms with Crippen LogP contribution in [0, 0.1) is 5.92 Å². The van der Waals surface area contributed by atoms with E-state index in [-0.39, 0.29) is 11.3 Å². The maximum Gasteiger partial charge on any atom is 0.145 e. The summed E-state index contributed by atoms with van der Waals surface area (Å²) in [6, 6.07) is 10.2. The number of rotatable bonds is 3. The van der Waals surface area contributed by atoms with Gasteiger partial charge in [0, 0.05) is 11.3 Å². The zero-order valence-corrected chi connectivity index (χ0v) is 11.6. The van der Waals surface area contributed by atoms with Crippen LogP contribution in [0.1, 0.15) is 57.9 Å². The second-order valence-electron chi connectivity index (χ2n) is 6.04. The molecule has 1 fully saturated rings. The minimum absolute atomic E-state index is 0.280. The Bertz CT molecular complexity index is 383. The van der Waals surface area contributed by atoms with E-state index in [0.717, 1.165) is 18.4 Å². The Kier molecular flexibility index (Phi) is 4.21. The van der Waals surface area contributed by atoms with Crippen molar-refractivity contribution in [3.05, 3.63) is 35.9 Å². The summed E-state index contributed by atoms with van der Waals surface area (Å²) in [5.41, 5.74) is 0.815. The van der Waals surface area contributed by atoms with Crippen LogP contribution in [-0.2, 0) is 10.2 Å². The van der Waals surface area contributed by atoms with Gasteiger partial charge in [0.05, 0.1) is 0 Å². The molecule has 0 spiro atoms. The maximum absolute atomic E-state index is 12.8. The van der Waals surface area contributed by atoms with Crippen LogP contribution in [0.5, 0.6) is 0 Å². The minimum atomic E-state index is -0.337. The van der Waals surface area contributed by atoms with E-state index in [2.05, 4.69) is 26.0 Å². The van der Waals surface area contributed by atoms with E-state index in [9.17, 15) is 4.79 Å². The van der Waals surface area contributed by atoms with Crippen molar-refractivity contribution in [3.8, 4) is 0 Å². The molecular formula is C17H24O. The van der Waals surface area contributed by atoms with E-state index < -0.39 is 0 Å². The van der Waals surface area contributed by atoms with Crippen LogP contribution in [0.25, 0.3) is 0 Å². The van der Waals surface area contributed by atoms with E-state index in [1.807, 2.05) is 18.2 Å². The van der Waals surface area contributed by atoms with Gasteiger partial charge in [0.15, 0.2) is 0 Å². The van der Waals surface area contributed by atoms with Gasteiger partial charge in [0.1, 0.15) is 5.78 Å². The molecule has 0 heterocycles. The van der Waals surface area contributed by atoms with Gasteiger partial charge in [-0.15, -0.1) is 0 Å². The Morgan fingerprint density at radius 3 is 2.11 bits per heavy atom. The lowest BCUT2D eigenvalue weighted by Crippen LogP contribution is -2.34. The van der Waals surface area contributed by atoms with Crippen molar-refractivity contribution in [2.45, 2.75) is 57.8 Å². The highest BCUT2D eigenvalue weighted by Gasteiger charge is 2.34. The van der Waals surface area contributed by atoms with Crippen molar-refractivity contribution in [2.24, 2.45) is 5.92 Å². The van der Waals surface area contributed by atoms with Crippen LogP contribution in [0.4, 0.5) is 0 Å². The third kappa shape index (κ3) is 2.82. The van der Waals surface area contributed by atoms with Crippen LogP contribution >= 0.6 is 0 Å². The van der Waals surface area contributed by atoms with E-state index in [1.165, 1.54) is 25.7 Å². The van der Waals surface area contributed by atoms with Gasteiger partial charge in [-0.2, -0.15) is 0 Å². The van der Waals surface area contributed by atoms with E-state index in [0.29, 0.717) is 5.78 Å². The smallest absolute Gasteiger partial charge is 0.145 e. The Labute approximate surface area is 111 Å². The molecule has 0 unspecified atom stereocenters.